The van der Waals surface area contributed by atoms with E-state index < -0.39 is 0 Å². The van der Waals surface area contributed by atoms with Crippen LogP contribution in [0, 0.1) is 0 Å². The fraction of sp³-hybridized carbons (Fsp3) is 0.304. The molecule has 1 amide bonds. The number of carbonyl (C=O) groups is 1. The summed E-state index contributed by atoms with van der Waals surface area (Å²) < 4.78 is 22.3. The van der Waals surface area contributed by atoms with Gasteiger partial charge in [0.05, 0.1) is 26.0 Å². The van der Waals surface area contributed by atoms with Gasteiger partial charge in [-0.15, -0.1) is 0 Å². The summed E-state index contributed by atoms with van der Waals surface area (Å²) in [5.41, 5.74) is 1.68. The molecule has 3 aromatic rings. The first kappa shape index (κ1) is 20.0. The van der Waals surface area contributed by atoms with Crippen LogP contribution in [0.5, 0.6) is 11.5 Å². The Labute approximate surface area is 174 Å². The molecule has 0 bridgehead atoms. The van der Waals surface area contributed by atoms with Crippen molar-refractivity contribution in [2.45, 2.75) is 18.9 Å². The third-order valence-corrected chi connectivity index (χ3v) is 5.00. The van der Waals surface area contributed by atoms with Crippen molar-refractivity contribution in [2.75, 3.05) is 27.4 Å². The predicted octanol–water partition coefficient (Wildman–Crippen LogP) is 3.59. The summed E-state index contributed by atoms with van der Waals surface area (Å²) in [6, 6.07) is 14.5. The summed E-state index contributed by atoms with van der Waals surface area (Å²) in [5, 5.41) is 3.69. The fourth-order valence-corrected chi connectivity index (χ4v) is 3.44. The van der Waals surface area contributed by atoms with E-state index in [1.807, 2.05) is 30.3 Å². The smallest absolute Gasteiger partial charge is 0.256 e. The van der Waals surface area contributed by atoms with E-state index in [2.05, 4.69) is 10.3 Å². The number of para-hydroxylation sites is 1. The van der Waals surface area contributed by atoms with Crippen molar-refractivity contribution < 1.29 is 23.4 Å². The van der Waals surface area contributed by atoms with Crippen LogP contribution in [0.1, 0.15) is 23.2 Å². The number of methoxy groups -OCH3 is 2. The van der Waals surface area contributed by atoms with Crippen LogP contribution in [-0.2, 0) is 4.74 Å². The molecule has 2 heterocycles. The molecule has 1 saturated heterocycles. The van der Waals surface area contributed by atoms with E-state index in [4.69, 9.17) is 18.6 Å². The predicted molar refractivity (Wildman–Crippen MR) is 112 cm³/mol. The lowest BCUT2D eigenvalue weighted by Crippen LogP contribution is -2.34. The second-order valence-corrected chi connectivity index (χ2v) is 7.00. The largest absolute Gasteiger partial charge is 0.497 e. The van der Waals surface area contributed by atoms with Gasteiger partial charge in [0.2, 0.25) is 5.55 Å². The third kappa shape index (κ3) is 4.31. The van der Waals surface area contributed by atoms with E-state index in [1.54, 1.807) is 32.4 Å². The average molecular weight is 408 g/mol. The molecule has 7 heteroatoms. The Morgan fingerprint density at radius 2 is 2.03 bits per heavy atom. The molecule has 4 rings (SSSR count). The Morgan fingerprint density at radius 3 is 2.80 bits per heavy atom. The summed E-state index contributed by atoms with van der Waals surface area (Å²) in [6.45, 7) is 1.19. The highest BCUT2D eigenvalue weighted by Crippen LogP contribution is 2.25. The maximum absolute atomic E-state index is 13.0. The Balaban J connectivity index is 1.78. The maximum atomic E-state index is 13.0. The standard InChI is InChI=1S/C23H24N2O5/c1-27-17-8-4-7-16(13-17)25-23-19(22(26)24-14-18-9-5-11-29-18)12-15-6-3-10-20(28-2)21(15)30-23/h3-4,6-8,10,12-13,18H,5,9,11,14H2,1-2H3,(H,24,26)/t18-/m0/s1. The van der Waals surface area contributed by atoms with Crippen molar-refractivity contribution in [1.29, 1.82) is 0 Å². The number of amides is 1. The van der Waals surface area contributed by atoms with Crippen molar-refractivity contribution >= 4 is 22.6 Å². The summed E-state index contributed by atoms with van der Waals surface area (Å²) in [4.78, 5) is 17.6. The van der Waals surface area contributed by atoms with E-state index in [9.17, 15) is 4.79 Å². The minimum atomic E-state index is -0.263. The normalized spacial score (nSPS) is 16.6. The van der Waals surface area contributed by atoms with E-state index >= 15 is 0 Å². The van der Waals surface area contributed by atoms with Crippen molar-refractivity contribution in [3.05, 3.63) is 59.6 Å². The minimum absolute atomic E-state index is 0.0465. The summed E-state index contributed by atoms with van der Waals surface area (Å²) in [7, 11) is 3.17. The first-order chi connectivity index (χ1) is 14.7. The summed E-state index contributed by atoms with van der Waals surface area (Å²) in [5.74, 6) is 0.973. The van der Waals surface area contributed by atoms with Gasteiger partial charge in [-0.2, -0.15) is 0 Å². The molecule has 1 aliphatic rings. The quantitative estimate of drug-likeness (QED) is 0.674. The minimum Gasteiger partial charge on any atom is -0.497 e. The van der Waals surface area contributed by atoms with Gasteiger partial charge in [0.25, 0.3) is 5.91 Å². The highest BCUT2D eigenvalue weighted by molar-refractivity contribution is 5.97. The Bertz CT molecular complexity index is 1120. The van der Waals surface area contributed by atoms with E-state index in [-0.39, 0.29) is 17.6 Å². The lowest BCUT2D eigenvalue weighted by Gasteiger charge is -2.12. The highest BCUT2D eigenvalue weighted by Gasteiger charge is 2.19. The molecule has 0 spiro atoms. The first-order valence-electron chi connectivity index (χ1n) is 9.87. The Hall–Kier alpha value is -3.32. The van der Waals surface area contributed by atoms with Gasteiger partial charge in [-0.05, 0) is 37.1 Å². The van der Waals surface area contributed by atoms with E-state index in [1.165, 1.54) is 0 Å². The molecule has 156 valence electrons. The van der Waals surface area contributed by atoms with Crippen LogP contribution in [-0.4, -0.2) is 39.4 Å². The van der Waals surface area contributed by atoms with Gasteiger partial charge in [-0.25, -0.2) is 4.99 Å². The molecule has 0 saturated carbocycles. The van der Waals surface area contributed by atoms with Gasteiger partial charge in [0.15, 0.2) is 11.3 Å². The van der Waals surface area contributed by atoms with Gasteiger partial charge < -0.3 is 23.9 Å². The highest BCUT2D eigenvalue weighted by atomic mass is 16.5. The summed E-state index contributed by atoms with van der Waals surface area (Å²) in [6.07, 6.45) is 2.01. The number of benzene rings is 2. The molecule has 0 aliphatic carbocycles. The molecule has 7 nitrogen and oxygen atoms in total. The number of nitrogens with zero attached hydrogens (tertiary/aromatic N) is 1. The number of fused-ring (bicyclic) bond motifs is 1. The van der Waals surface area contributed by atoms with Crippen LogP contribution in [0.15, 0.2) is 57.9 Å². The monoisotopic (exact) mass is 408 g/mol. The van der Waals surface area contributed by atoms with E-state index in [0.717, 1.165) is 24.8 Å². The van der Waals surface area contributed by atoms with Crippen LogP contribution in [0.4, 0.5) is 5.69 Å². The molecule has 2 aromatic carbocycles. The first-order valence-corrected chi connectivity index (χ1v) is 9.87. The topological polar surface area (TPSA) is 82.3 Å². The maximum Gasteiger partial charge on any atom is 0.256 e. The number of rotatable bonds is 6. The van der Waals surface area contributed by atoms with Crippen molar-refractivity contribution in [1.82, 2.24) is 5.32 Å². The summed E-state index contributed by atoms with van der Waals surface area (Å²) >= 11 is 0. The van der Waals surface area contributed by atoms with E-state index in [0.29, 0.717) is 34.9 Å². The van der Waals surface area contributed by atoms with Crippen LogP contribution >= 0.6 is 0 Å². The Kier molecular flexibility index (Phi) is 5.99. The van der Waals surface area contributed by atoms with Gasteiger partial charge in [0.1, 0.15) is 11.3 Å². The van der Waals surface area contributed by atoms with Crippen LogP contribution in [0.2, 0.25) is 0 Å². The van der Waals surface area contributed by atoms with Crippen LogP contribution in [0.3, 0.4) is 0 Å². The second kappa shape index (κ2) is 9.00. The lowest BCUT2D eigenvalue weighted by atomic mass is 10.1. The third-order valence-electron chi connectivity index (χ3n) is 5.00. The van der Waals surface area contributed by atoms with Crippen molar-refractivity contribution in [3.63, 3.8) is 0 Å². The second-order valence-electron chi connectivity index (χ2n) is 7.00. The fourth-order valence-electron chi connectivity index (χ4n) is 3.44. The van der Waals surface area contributed by atoms with Gasteiger partial charge in [0, 0.05) is 24.6 Å². The Morgan fingerprint density at radius 1 is 1.17 bits per heavy atom. The van der Waals surface area contributed by atoms with Crippen molar-refractivity contribution in [2.24, 2.45) is 4.99 Å². The molecule has 1 atom stereocenters. The molecule has 1 N–H and O–H groups in total. The number of ether oxygens (including phenoxy) is 3. The SMILES string of the molecule is COc1cccc(N=c2oc3c(OC)cccc3cc2C(=O)NC[C@@H]2CCCO2)c1. The van der Waals surface area contributed by atoms with Crippen LogP contribution in [0.25, 0.3) is 11.0 Å². The van der Waals surface area contributed by atoms with Crippen molar-refractivity contribution in [3.8, 4) is 11.5 Å². The number of hydrogen-bond donors (Lipinski definition) is 1. The molecule has 0 radical (unpaired) electrons. The van der Waals surface area contributed by atoms with Crippen LogP contribution < -0.4 is 20.3 Å². The molecular formula is C23H24N2O5. The molecule has 1 aliphatic heterocycles. The molecule has 30 heavy (non-hydrogen) atoms. The average Bonchev–Trinajstić information content (AvgIpc) is 3.30. The molecule has 0 unspecified atom stereocenters. The lowest BCUT2D eigenvalue weighted by molar-refractivity contribution is 0.0854. The van der Waals surface area contributed by atoms with Gasteiger partial charge in [-0.3, -0.25) is 4.79 Å². The number of nitrogens with one attached hydrogen (secondary N) is 1. The molecular weight excluding hydrogens is 384 g/mol. The zero-order valence-corrected chi connectivity index (χ0v) is 17.0. The molecule has 1 fully saturated rings. The zero-order valence-electron chi connectivity index (χ0n) is 17.0. The zero-order chi connectivity index (χ0) is 20.9. The van der Waals surface area contributed by atoms with Gasteiger partial charge in [-0.1, -0.05) is 18.2 Å². The number of hydrogen-bond acceptors (Lipinski definition) is 6. The molecule has 1 aromatic heterocycles. The van der Waals surface area contributed by atoms with Gasteiger partial charge >= 0.3 is 0 Å². The number of carbonyl (C=O) groups excluding carboxylic acids is 1.